The summed E-state index contributed by atoms with van der Waals surface area (Å²) in [6, 6.07) is 3.56. The first-order chi connectivity index (χ1) is 8.00. The van der Waals surface area contributed by atoms with Gasteiger partial charge in [-0.05, 0) is 24.5 Å². The third-order valence-electron chi connectivity index (χ3n) is 2.40. The number of nitrogens with one attached hydrogen (secondary N) is 1. The van der Waals surface area contributed by atoms with Crippen LogP contribution in [0.25, 0.3) is 11.0 Å². The monoisotopic (exact) mass is 260 g/mol. The number of hydrogen-bond donors (Lipinski definition) is 1. The summed E-state index contributed by atoms with van der Waals surface area (Å²) in [5, 5.41) is 0. The molecule has 0 fully saturated rings. The van der Waals surface area contributed by atoms with E-state index < -0.39 is 11.7 Å². The van der Waals surface area contributed by atoms with E-state index in [1.54, 1.807) is 11.8 Å². The summed E-state index contributed by atoms with van der Waals surface area (Å²) in [7, 11) is 0. The zero-order chi connectivity index (χ0) is 12.5. The first-order valence-corrected chi connectivity index (χ1v) is 6.45. The molecule has 0 saturated heterocycles. The fourth-order valence-corrected chi connectivity index (χ4v) is 1.95. The Morgan fingerprint density at radius 1 is 1.35 bits per heavy atom. The zero-order valence-electron chi connectivity index (χ0n) is 9.14. The van der Waals surface area contributed by atoms with Crippen LogP contribution in [-0.4, -0.2) is 22.0 Å². The van der Waals surface area contributed by atoms with Gasteiger partial charge in [-0.2, -0.15) is 24.9 Å². The van der Waals surface area contributed by atoms with Crippen LogP contribution in [-0.2, 0) is 12.6 Å². The van der Waals surface area contributed by atoms with Crippen LogP contribution < -0.4 is 0 Å². The van der Waals surface area contributed by atoms with Crippen LogP contribution in [0.5, 0.6) is 0 Å². The van der Waals surface area contributed by atoms with E-state index in [4.69, 9.17) is 0 Å². The Kier molecular flexibility index (Phi) is 3.33. The third-order valence-corrected chi connectivity index (χ3v) is 3.01. The molecular weight excluding hydrogens is 249 g/mol. The summed E-state index contributed by atoms with van der Waals surface area (Å²) in [4.78, 5) is 7.16. The van der Waals surface area contributed by atoms with Crippen molar-refractivity contribution in [2.75, 3.05) is 12.0 Å². The maximum atomic E-state index is 12.5. The highest BCUT2D eigenvalue weighted by molar-refractivity contribution is 7.98. The summed E-state index contributed by atoms with van der Waals surface area (Å²) >= 11 is 1.67. The van der Waals surface area contributed by atoms with Crippen LogP contribution in [0.2, 0.25) is 0 Å². The lowest BCUT2D eigenvalue weighted by Gasteiger charge is -2.05. The number of H-pyrrole nitrogens is 1. The average molecular weight is 260 g/mol. The first kappa shape index (κ1) is 12.3. The predicted octanol–water partition coefficient (Wildman–Crippen LogP) is 3.49. The molecule has 0 aliphatic carbocycles. The SMILES string of the molecule is CSCCc1nc2ccc(C(F)(F)F)cc2[nH]1. The molecule has 0 atom stereocenters. The summed E-state index contributed by atoms with van der Waals surface area (Å²) in [5.74, 6) is 1.63. The van der Waals surface area contributed by atoms with E-state index >= 15 is 0 Å². The van der Waals surface area contributed by atoms with Gasteiger partial charge in [0.2, 0.25) is 0 Å². The highest BCUT2D eigenvalue weighted by Crippen LogP contribution is 2.30. The number of halogens is 3. The smallest absolute Gasteiger partial charge is 0.342 e. The van der Waals surface area contributed by atoms with Crippen LogP contribution in [0.15, 0.2) is 18.2 Å². The minimum atomic E-state index is -4.31. The van der Waals surface area contributed by atoms with Crippen molar-refractivity contribution in [3.63, 3.8) is 0 Å². The fourth-order valence-electron chi connectivity index (χ4n) is 1.56. The van der Waals surface area contributed by atoms with Gasteiger partial charge in [-0.15, -0.1) is 0 Å². The molecule has 0 radical (unpaired) electrons. The van der Waals surface area contributed by atoms with Crippen molar-refractivity contribution in [1.82, 2.24) is 9.97 Å². The lowest BCUT2D eigenvalue weighted by atomic mass is 10.2. The van der Waals surface area contributed by atoms with Crippen molar-refractivity contribution in [3.05, 3.63) is 29.6 Å². The number of aryl methyl sites for hydroxylation is 1. The molecule has 0 amide bonds. The molecule has 0 unspecified atom stereocenters. The average Bonchev–Trinajstić information content (AvgIpc) is 2.66. The highest BCUT2D eigenvalue weighted by Gasteiger charge is 2.30. The largest absolute Gasteiger partial charge is 0.416 e. The van der Waals surface area contributed by atoms with Crippen molar-refractivity contribution >= 4 is 22.8 Å². The van der Waals surface area contributed by atoms with E-state index in [2.05, 4.69) is 9.97 Å². The number of alkyl halides is 3. The molecule has 2 aromatic rings. The minimum Gasteiger partial charge on any atom is -0.342 e. The number of benzene rings is 1. The van der Waals surface area contributed by atoms with Crippen molar-refractivity contribution in [3.8, 4) is 0 Å². The van der Waals surface area contributed by atoms with Gasteiger partial charge in [-0.3, -0.25) is 0 Å². The molecule has 1 heterocycles. The van der Waals surface area contributed by atoms with E-state index in [9.17, 15) is 13.2 Å². The molecule has 2 nitrogen and oxygen atoms in total. The van der Waals surface area contributed by atoms with Crippen molar-refractivity contribution in [2.24, 2.45) is 0 Å². The molecule has 0 aliphatic heterocycles. The van der Waals surface area contributed by atoms with Crippen LogP contribution in [0.3, 0.4) is 0 Å². The van der Waals surface area contributed by atoms with Crippen LogP contribution in [0.1, 0.15) is 11.4 Å². The van der Waals surface area contributed by atoms with Gasteiger partial charge < -0.3 is 4.98 Å². The molecule has 0 aliphatic rings. The fraction of sp³-hybridized carbons (Fsp3) is 0.364. The molecular formula is C11H11F3N2S. The highest BCUT2D eigenvalue weighted by atomic mass is 32.2. The lowest BCUT2D eigenvalue weighted by Crippen LogP contribution is -2.04. The molecule has 0 bridgehead atoms. The van der Waals surface area contributed by atoms with Crippen LogP contribution in [0, 0.1) is 0 Å². The van der Waals surface area contributed by atoms with Crippen molar-refractivity contribution in [2.45, 2.75) is 12.6 Å². The minimum absolute atomic E-state index is 0.441. The normalized spacial score (nSPS) is 12.2. The first-order valence-electron chi connectivity index (χ1n) is 5.05. The molecule has 1 aromatic carbocycles. The summed E-state index contributed by atoms with van der Waals surface area (Å²) in [6.45, 7) is 0. The maximum absolute atomic E-state index is 12.5. The quantitative estimate of drug-likeness (QED) is 0.915. The molecule has 0 saturated carbocycles. The number of hydrogen-bond acceptors (Lipinski definition) is 2. The Morgan fingerprint density at radius 3 is 2.76 bits per heavy atom. The molecule has 0 spiro atoms. The number of rotatable bonds is 3. The number of aromatic amines is 1. The molecule has 6 heteroatoms. The van der Waals surface area contributed by atoms with E-state index in [-0.39, 0.29) is 0 Å². The Bertz CT molecular complexity index is 519. The summed E-state index contributed by atoms with van der Waals surface area (Å²) in [5.41, 5.74) is 0.370. The Hall–Kier alpha value is -1.17. The van der Waals surface area contributed by atoms with Crippen LogP contribution >= 0.6 is 11.8 Å². The Morgan fingerprint density at radius 2 is 2.12 bits per heavy atom. The molecule has 17 heavy (non-hydrogen) atoms. The number of thioether (sulfide) groups is 1. The molecule has 1 aromatic heterocycles. The number of nitrogens with zero attached hydrogens (tertiary/aromatic N) is 1. The number of fused-ring (bicyclic) bond motifs is 1. The maximum Gasteiger partial charge on any atom is 0.416 e. The second kappa shape index (κ2) is 4.60. The van der Waals surface area contributed by atoms with Gasteiger partial charge in [-0.25, -0.2) is 4.98 Å². The van der Waals surface area contributed by atoms with Gasteiger partial charge in [0.05, 0.1) is 16.6 Å². The third kappa shape index (κ3) is 2.74. The van der Waals surface area contributed by atoms with Crippen molar-refractivity contribution in [1.29, 1.82) is 0 Å². The topological polar surface area (TPSA) is 28.7 Å². The van der Waals surface area contributed by atoms with Gasteiger partial charge in [0.15, 0.2) is 0 Å². The Balaban J connectivity index is 2.34. The summed E-state index contributed by atoms with van der Waals surface area (Å²) < 4.78 is 37.5. The lowest BCUT2D eigenvalue weighted by molar-refractivity contribution is -0.137. The number of aromatic nitrogens is 2. The Labute approximate surface area is 101 Å². The summed E-state index contributed by atoms with van der Waals surface area (Å²) in [6.07, 6.45) is -1.60. The van der Waals surface area contributed by atoms with Gasteiger partial charge in [0, 0.05) is 12.2 Å². The zero-order valence-corrected chi connectivity index (χ0v) is 9.95. The molecule has 92 valence electrons. The van der Waals surface area contributed by atoms with E-state index in [1.165, 1.54) is 6.07 Å². The van der Waals surface area contributed by atoms with Gasteiger partial charge in [0.25, 0.3) is 0 Å². The second-order valence-corrected chi connectivity index (χ2v) is 4.64. The van der Waals surface area contributed by atoms with E-state index in [0.717, 1.165) is 30.1 Å². The van der Waals surface area contributed by atoms with E-state index in [1.807, 2.05) is 6.26 Å². The number of imidazole rings is 1. The standard InChI is InChI=1S/C11H11F3N2S/c1-17-5-4-10-15-8-3-2-7(11(12,13)14)6-9(8)16-10/h2-3,6H,4-5H2,1H3,(H,15,16). The van der Waals surface area contributed by atoms with Crippen molar-refractivity contribution < 1.29 is 13.2 Å². The van der Waals surface area contributed by atoms with Gasteiger partial charge >= 0.3 is 6.18 Å². The van der Waals surface area contributed by atoms with Gasteiger partial charge in [0.1, 0.15) is 5.82 Å². The molecule has 2 rings (SSSR count). The van der Waals surface area contributed by atoms with E-state index in [0.29, 0.717) is 11.0 Å². The second-order valence-electron chi connectivity index (χ2n) is 3.66. The predicted molar refractivity (Wildman–Crippen MR) is 63.2 cm³/mol. The van der Waals surface area contributed by atoms with Gasteiger partial charge in [-0.1, -0.05) is 0 Å². The molecule has 1 N–H and O–H groups in total. The van der Waals surface area contributed by atoms with Crippen LogP contribution in [0.4, 0.5) is 13.2 Å².